The summed E-state index contributed by atoms with van der Waals surface area (Å²) in [6.07, 6.45) is 7.10. The first-order chi connectivity index (χ1) is 9.68. The molecule has 0 spiro atoms. The van der Waals surface area contributed by atoms with E-state index in [1.807, 2.05) is 12.1 Å². The Hall–Kier alpha value is -1.91. The van der Waals surface area contributed by atoms with E-state index in [1.54, 1.807) is 12.4 Å². The Kier molecular flexibility index (Phi) is 5.09. The number of carbonyl (C=O) groups is 2. The van der Waals surface area contributed by atoms with Crippen LogP contribution in [0.3, 0.4) is 0 Å². The molecule has 0 saturated heterocycles. The van der Waals surface area contributed by atoms with Crippen molar-refractivity contribution in [2.24, 2.45) is 11.8 Å². The van der Waals surface area contributed by atoms with Gasteiger partial charge in [-0.25, -0.2) is 0 Å². The van der Waals surface area contributed by atoms with E-state index in [9.17, 15) is 14.7 Å². The quantitative estimate of drug-likeness (QED) is 0.837. The van der Waals surface area contributed by atoms with Gasteiger partial charge >= 0.3 is 0 Å². The molecule has 1 N–H and O–H groups in total. The molecule has 1 aromatic heterocycles. The van der Waals surface area contributed by atoms with Crippen molar-refractivity contribution in [2.75, 3.05) is 6.54 Å². The van der Waals surface area contributed by atoms with Crippen molar-refractivity contribution in [3.63, 3.8) is 0 Å². The van der Waals surface area contributed by atoms with Crippen LogP contribution in [0.4, 0.5) is 0 Å². The van der Waals surface area contributed by atoms with Crippen LogP contribution in [0.2, 0.25) is 0 Å². The Bertz CT molecular complexity index is 461. The molecule has 1 aromatic rings. The van der Waals surface area contributed by atoms with Crippen LogP contribution in [0.15, 0.2) is 24.5 Å². The van der Waals surface area contributed by atoms with Gasteiger partial charge in [0.1, 0.15) is 0 Å². The number of aliphatic carboxylic acids is 1. The lowest BCUT2D eigenvalue weighted by atomic mass is 9.78. The molecule has 1 fully saturated rings. The summed E-state index contributed by atoms with van der Waals surface area (Å²) >= 11 is 0. The number of aromatic nitrogens is 1. The average molecular weight is 275 g/mol. The van der Waals surface area contributed by atoms with Crippen LogP contribution in [0.25, 0.3) is 0 Å². The molecule has 5 nitrogen and oxygen atoms in total. The average Bonchev–Trinajstić information content (AvgIpc) is 2.48. The number of rotatable bonds is 5. The van der Waals surface area contributed by atoms with Crippen LogP contribution in [-0.2, 0) is 16.0 Å². The first kappa shape index (κ1) is 14.5. The van der Waals surface area contributed by atoms with Crippen molar-refractivity contribution in [3.8, 4) is 0 Å². The molecule has 0 radical (unpaired) electrons. The molecule has 1 aliphatic carbocycles. The number of hydrogen-bond acceptors (Lipinski definition) is 4. The van der Waals surface area contributed by atoms with Crippen molar-refractivity contribution in [1.29, 1.82) is 0 Å². The molecule has 1 saturated carbocycles. The second-order valence-electron chi connectivity index (χ2n) is 5.21. The van der Waals surface area contributed by atoms with Crippen molar-refractivity contribution in [3.05, 3.63) is 30.1 Å². The van der Waals surface area contributed by atoms with Gasteiger partial charge in [-0.3, -0.25) is 9.78 Å². The van der Waals surface area contributed by atoms with E-state index >= 15 is 0 Å². The van der Waals surface area contributed by atoms with Crippen molar-refractivity contribution < 1.29 is 14.7 Å². The molecule has 0 bridgehead atoms. The van der Waals surface area contributed by atoms with Crippen LogP contribution >= 0.6 is 0 Å². The van der Waals surface area contributed by atoms with Crippen molar-refractivity contribution in [1.82, 2.24) is 10.3 Å². The molecule has 108 valence electrons. The lowest BCUT2D eigenvalue weighted by Crippen LogP contribution is -2.44. The predicted octanol–water partition coefficient (Wildman–Crippen LogP) is 0.297. The number of nitrogens with zero attached hydrogens (tertiary/aromatic N) is 1. The van der Waals surface area contributed by atoms with Crippen molar-refractivity contribution in [2.45, 2.75) is 32.1 Å². The summed E-state index contributed by atoms with van der Waals surface area (Å²) in [6, 6.07) is 3.80. The zero-order chi connectivity index (χ0) is 14.4. The number of nitrogens with one attached hydrogen (secondary N) is 1. The van der Waals surface area contributed by atoms with Crippen molar-refractivity contribution >= 4 is 11.9 Å². The smallest absolute Gasteiger partial charge is 0.223 e. The summed E-state index contributed by atoms with van der Waals surface area (Å²) in [5.41, 5.74) is 1.10. The third-order valence-electron chi connectivity index (χ3n) is 3.87. The van der Waals surface area contributed by atoms with Crippen LogP contribution in [0.1, 0.15) is 31.2 Å². The van der Waals surface area contributed by atoms with Gasteiger partial charge in [0.2, 0.25) is 5.91 Å². The fourth-order valence-corrected chi connectivity index (χ4v) is 2.74. The maximum atomic E-state index is 12.1. The highest BCUT2D eigenvalue weighted by Crippen LogP contribution is 2.29. The third kappa shape index (κ3) is 3.79. The van der Waals surface area contributed by atoms with Gasteiger partial charge in [0.25, 0.3) is 0 Å². The van der Waals surface area contributed by atoms with E-state index in [-0.39, 0.29) is 5.91 Å². The molecule has 2 rings (SSSR count). The van der Waals surface area contributed by atoms with E-state index in [0.717, 1.165) is 24.8 Å². The summed E-state index contributed by atoms with van der Waals surface area (Å²) in [4.78, 5) is 27.1. The highest BCUT2D eigenvalue weighted by Gasteiger charge is 2.31. The first-order valence-electron chi connectivity index (χ1n) is 7.06. The number of carboxylic acids is 1. The molecule has 0 aliphatic heterocycles. The van der Waals surface area contributed by atoms with Gasteiger partial charge in [-0.2, -0.15) is 0 Å². The Balaban J connectivity index is 1.83. The van der Waals surface area contributed by atoms with Gasteiger partial charge in [-0.05, 0) is 37.0 Å². The van der Waals surface area contributed by atoms with Crippen LogP contribution in [-0.4, -0.2) is 23.4 Å². The molecular weight excluding hydrogens is 256 g/mol. The molecule has 2 atom stereocenters. The van der Waals surface area contributed by atoms with Gasteiger partial charge in [0, 0.05) is 36.7 Å². The number of pyridine rings is 1. The molecule has 0 unspecified atom stereocenters. The maximum Gasteiger partial charge on any atom is 0.223 e. The first-order valence-corrected chi connectivity index (χ1v) is 7.06. The molecule has 1 heterocycles. The minimum Gasteiger partial charge on any atom is -0.550 e. The number of carbonyl (C=O) groups excluding carboxylic acids is 2. The van der Waals surface area contributed by atoms with Gasteiger partial charge < -0.3 is 15.2 Å². The second-order valence-corrected chi connectivity index (χ2v) is 5.21. The highest BCUT2D eigenvalue weighted by molar-refractivity contribution is 5.84. The van der Waals surface area contributed by atoms with Gasteiger partial charge in [0.15, 0.2) is 0 Å². The van der Waals surface area contributed by atoms with E-state index < -0.39 is 17.8 Å². The summed E-state index contributed by atoms with van der Waals surface area (Å²) in [5.74, 6) is -2.33. The largest absolute Gasteiger partial charge is 0.550 e. The molecule has 5 heteroatoms. The van der Waals surface area contributed by atoms with Gasteiger partial charge in [-0.1, -0.05) is 12.8 Å². The third-order valence-corrected chi connectivity index (χ3v) is 3.87. The summed E-state index contributed by atoms with van der Waals surface area (Å²) < 4.78 is 0. The second kappa shape index (κ2) is 7.03. The molecule has 1 aliphatic rings. The van der Waals surface area contributed by atoms with E-state index in [1.165, 1.54) is 0 Å². The Morgan fingerprint density at radius 1 is 1.20 bits per heavy atom. The predicted molar refractivity (Wildman–Crippen MR) is 71.4 cm³/mol. The number of amides is 1. The lowest BCUT2D eigenvalue weighted by Gasteiger charge is -2.31. The minimum absolute atomic E-state index is 0.159. The van der Waals surface area contributed by atoms with Crippen LogP contribution < -0.4 is 10.4 Å². The number of hydrogen-bond donors (Lipinski definition) is 1. The highest BCUT2D eigenvalue weighted by atomic mass is 16.4. The standard InChI is InChI=1S/C15H20N2O3/c18-14(12-3-1-2-4-13(12)15(19)20)17-10-7-11-5-8-16-9-6-11/h5-6,8-9,12-13H,1-4,7,10H2,(H,17,18)(H,19,20)/p-1/t12-,13-/m1/s1. The monoisotopic (exact) mass is 275 g/mol. The summed E-state index contributed by atoms with van der Waals surface area (Å²) in [5, 5.41) is 13.9. The van der Waals surface area contributed by atoms with E-state index in [4.69, 9.17) is 0 Å². The Labute approximate surface area is 118 Å². The Morgan fingerprint density at radius 3 is 2.50 bits per heavy atom. The normalized spacial score (nSPS) is 22.2. The summed E-state index contributed by atoms with van der Waals surface area (Å²) in [7, 11) is 0. The molecule has 0 aromatic carbocycles. The zero-order valence-electron chi connectivity index (χ0n) is 11.4. The minimum atomic E-state index is -1.10. The van der Waals surface area contributed by atoms with Gasteiger partial charge in [0.05, 0.1) is 0 Å². The Morgan fingerprint density at radius 2 is 1.85 bits per heavy atom. The van der Waals surface area contributed by atoms with Crippen LogP contribution in [0, 0.1) is 11.8 Å². The maximum absolute atomic E-state index is 12.1. The summed E-state index contributed by atoms with van der Waals surface area (Å²) in [6.45, 7) is 0.513. The zero-order valence-corrected chi connectivity index (χ0v) is 11.4. The SMILES string of the molecule is O=C([O-])[C@@H]1CCCC[C@H]1C(=O)NCCc1ccncc1. The lowest BCUT2D eigenvalue weighted by molar-refractivity contribution is -0.314. The fourth-order valence-electron chi connectivity index (χ4n) is 2.74. The van der Waals surface area contributed by atoms with Gasteiger partial charge in [-0.15, -0.1) is 0 Å². The molecular formula is C15H19N2O3-. The fraction of sp³-hybridized carbons (Fsp3) is 0.533. The van der Waals surface area contributed by atoms with Crippen LogP contribution in [0.5, 0.6) is 0 Å². The number of carboxylic acid groups (broad SMARTS) is 1. The molecule has 1 amide bonds. The topological polar surface area (TPSA) is 82.1 Å². The molecule has 20 heavy (non-hydrogen) atoms. The van der Waals surface area contributed by atoms with E-state index in [2.05, 4.69) is 10.3 Å². The van der Waals surface area contributed by atoms with E-state index in [0.29, 0.717) is 19.4 Å².